The summed E-state index contributed by atoms with van der Waals surface area (Å²) in [5.41, 5.74) is 11.2. The van der Waals surface area contributed by atoms with Crippen LogP contribution in [-0.2, 0) is 6.54 Å². The van der Waals surface area contributed by atoms with Crippen LogP contribution in [0.4, 0.5) is 22.7 Å². The molecule has 0 aliphatic rings. The quantitative estimate of drug-likeness (QED) is 0.641. The molecule has 0 amide bonds. The number of rotatable bonds is 5. The Morgan fingerprint density at radius 3 is 1.82 bits per heavy atom. The van der Waals surface area contributed by atoms with Gasteiger partial charge in [-0.2, -0.15) is 0 Å². The average molecular weight is 289 g/mol. The van der Waals surface area contributed by atoms with E-state index in [0.717, 1.165) is 28.3 Å². The smallest absolute Gasteiger partial charge is 0.0431 e. The van der Waals surface area contributed by atoms with Crippen LogP contribution in [-0.4, -0.2) is 0 Å². The average Bonchev–Trinajstić information content (AvgIpc) is 2.58. The molecule has 0 spiro atoms. The molecule has 0 radical (unpaired) electrons. The van der Waals surface area contributed by atoms with E-state index in [9.17, 15) is 0 Å². The number of hydrogen-bond acceptors (Lipinski definition) is 3. The van der Waals surface area contributed by atoms with Crippen molar-refractivity contribution >= 4 is 22.7 Å². The Morgan fingerprint density at radius 1 is 0.636 bits per heavy atom. The predicted molar refractivity (Wildman–Crippen MR) is 93.8 cm³/mol. The minimum atomic E-state index is 0.486. The summed E-state index contributed by atoms with van der Waals surface area (Å²) in [6, 6.07) is 26.4. The number of nitrogens with one attached hydrogen (secondary N) is 2. The lowest BCUT2D eigenvalue weighted by Crippen LogP contribution is -2.03. The van der Waals surface area contributed by atoms with E-state index in [1.54, 1.807) is 0 Å². The molecule has 110 valence electrons. The van der Waals surface area contributed by atoms with Crippen molar-refractivity contribution in [3.63, 3.8) is 0 Å². The molecule has 3 aromatic rings. The summed E-state index contributed by atoms with van der Waals surface area (Å²) >= 11 is 0. The van der Waals surface area contributed by atoms with Crippen molar-refractivity contribution in [3.05, 3.63) is 84.4 Å². The molecule has 4 N–H and O–H groups in total. The van der Waals surface area contributed by atoms with E-state index < -0.39 is 0 Å². The summed E-state index contributed by atoms with van der Waals surface area (Å²) in [6.07, 6.45) is 0. The molecular weight excluding hydrogens is 270 g/mol. The zero-order chi connectivity index (χ0) is 15.2. The summed E-state index contributed by atoms with van der Waals surface area (Å²) in [4.78, 5) is 0. The number of nitrogens with two attached hydrogens (primary N) is 1. The third kappa shape index (κ3) is 3.45. The molecule has 0 unspecified atom stereocenters. The van der Waals surface area contributed by atoms with Crippen molar-refractivity contribution in [2.75, 3.05) is 10.6 Å². The highest BCUT2D eigenvalue weighted by Gasteiger charge is 2.04. The number of anilines is 4. The fourth-order valence-electron chi connectivity index (χ4n) is 2.33. The number of para-hydroxylation sites is 2. The molecule has 3 heteroatoms. The van der Waals surface area contributed by atoms with Gasteiger partial charge in [0.25, 0.3) is 0 Å². The molecule has 0 fully saturated rings. The lowest BCUT2D eigenvalue weighted by atomic mass is 10.1. The Labute approximate surface area is 130 Å². The zero-order valence-corrected chi connectivity index (χ0v) is 12.3. The molecule has 0 aliphatic heterocycles. The molecule has 3 aromatic carbocycles. The van der Waals surface area contributed by atoms with Gasteiger partial charge in [-0.1, -0.05) is 36.4 Å². The van der Waals surface area contributed by atoms with Gasteiger partial charge in [-0.3, -0.25) is 0 Å². The predicted octanol–water partition coefficient (Wildman–Crippen LogP) is 4.63. The van der Waals surface area contributed by atoms with Gasteiger partial charge in [-0.05, 0) is 48.0 Å². The van der Waals surface area contributed by atoms with Crippen LogP contribution >= 0.6 is 0 Å². The SMILES string of the molecule is NCc1cc(Nc2ccccc2)ccc1Nc1ccccc1. The van der Waals surface area contributed by atoms with Crippen LogP contribution in [0.25, 0.3) is 0 Å². The van der Waals surface area contributed by atoms with Crippen LogP contribution in [0.3, 0.4) is 0 Å². The van der Waals surface area contributed by atoms with Gasteiger partial charge in [-0.15, -0.1) is 0 Å². The minimum absolute atomic E-state index is 0.486. The van der Waals surface area contributed by atoms with Crippen LogP contribution in [0, 0.1) is 0 Å². The van der Waals surface area contributed by atoms with Crippen molar-refractivity contribution in [1.82, 2.24) is 0 Å². The van der Waals surface area contributed by atoms with Gasteiger partial charge in [0.15, 0.2) is 0 Å². The maximum atomic E-state index is 5.90. The van der Waals surface area contributed by atoms with Crippen molar-refractivity contribution in [1.29, 1.82) is 0 Å². The summed E-state index contributed by atoms with van der Waals surface area (Å²) in [5.74, 6) is 0. The molecule has 0 atom stereocenters. The molecule has 0 saturated heterocycles. The largest absolute Gasteiger partial charge is 0.356 e. The van der Waals surface area contributed by atoms with E-state index in [1.807, 2.05) is 60.7 Å². The summed E-state index contributed by atoms with van der Waals surface area (Å²) in [5, 5.41) is 6.79. The van der Waals surface area contributed by atoms with Gasteiger partial charge in [-0.25, -0.2) is 0 Å². The molecule has 22 heavy (non-hydrogen) atoms. The Morgan fingerprint density at radius 2 is 1.23 bits per heavy atom. The van der Waals surface area contributed by atoms with Crippen LogP contribution in [0.5, 0.6) is 0 Å². The monoisotopic (exact) mass is 289 g/mol. The van der Waals surface area contributed by atoms with Gasteiger partial charge in [0.1, 0.15) is 0 Å². The highest BCUT2D eigenvalue weighted by atomic mass is 14.9. The van der Waals surface area contributed by atoms with E-state index in [0.29, 0.717) is 6.54 Å². The molecule has 3 rings (SSSR count). The fourth-order valence-corrected chi connectivity index (χ4v) is 2.33. The van der Waals surface area contributed by atoms with Gasteiger partial charge in [0.05, 0.1) is 0 Å². The van der Waals surface area contributed by atoms with Crippen molar-refractivity contribution in [3.8, 4) is 0 Å². The molecule has 3 nitrogen and oxygen atoms in total. The van der Waals surface area contributed by atoms with Crippen LogP contribution in [0.1, 0.15) is 5.56 Å². The number of hydrogen-bond donors (Lipinski definition) is 3. The molecule has 0 heterocycles. The molecule has 0 aromatic heterocycles. The molecule has 0 saturated carbocycles. The Kier molecular flexibility index (Phi) is 4.37. The fraction of sp³-hybridized carbons (Fsp3) is 0.0526. The maximum Gasteiger partial charge on any atom is 0.0431 e. The summed E-state index contributed by atoms with van der Waals surface area (Å²) in [7, 11) is 0. The van der Waals surface area contributed by atoms with Gasteiger partial charge < -0.3 is 16.4 Å². The van der Waals surface area contributed by atoms with E-state index in [1.165, 1.54) is 0 Å². The van der Waals surface area contributed by atoms with E-state index in [4.69, 9.17) is 5.73 Å². The summed E-state index contributed by atoms with van der Waals surface area (Å²) in [6.45, 7) is 0.486. The Balaban J connectivity index is 1.81. The van der Waals surface area contributed by atoms with Gasteiger partial charge in [0, 0.05) is 29.3 Å². The third-order valence-electron chi connectivity index (χ3n) is 3.44. The van der Waals surface area contributed by atoms with E-state index in [2.05, 4.69) is 28.8 Å². The van der Waals surface area contributed by atoms with Crippen molar-refractivity contribution < 1.29 is 0 Å². The second-order valence-electron chi connectivity index (χ2n) is 5.06. The van der Waals surface area contributed by atoms with Gasteiger partial charge >= 0.3 is 0 Å². The summed E-state index contributed by atoms with van der Waals surface area (Å²) < 4.78 is 0. The molecular formula is C19H19N3. The second kappa shape index (κ2) is 6.78. The van der Waals surface area contributed by atoms with Crippen LogP contribution < -0.4 is 16.4 Å². The normalized spacial score (nSPS) is 10.2. The topological polar surface area (TPSA) is 50.1 Å². The van der Waals surface area contributed by atoms with Crippen molar-refractivity contribution in [2.24, 2.45) is 5.73 Å². The van der Waals surface area contributed by atoms with E-state index >= 15 is 0 Å². The highest BCUT2D eigenvalue weighted by Crippen LogP contribution is 2.25. The first-order chi connectivity index (χ1) is 10.8. The van der Waals surface area contributed by atoms with Crippen LogP contribution in [0.2, 0.25) is 0 Å². The minimum Gasteiger partial charge on any atom is -0.356 e. The second-order valence-corrected chi connectivity index (χ2v) is 5.06. The standard InChI is InChI=1S/C19H19N3/c20-14-15-13-18(21-16-7-3-1-4-8-16)11-12-19(15)22-17-9-5-2-6-10-17/h1-13,21-22H,14,20H2. The van der Waals surface area contributed by atoms with Crippen molar-refractivity contribution in [2.45, 2.75) is 6.54 Å². The Hall–Kier alpha value is -2.78. The van der Waals surface area contributed by atoms with Gasteiger partial charge in [0.2, 0.25) is 0 Å². The first-order valence-electron chi connectivity index (χ1n) is 7.32. The lowest BCUT2D eigenvalue weighted by Gasteiger charge is -2.14. The lowest BCUT2D eigenvalue weighted by molar-refractivity contribution is 1.07. The maximum absolute atomic E-state index is 5.90. The first-order valence-corrected chi connectivity index (χ1v) is 7.32. The Bertz CT molecular complexity index is 724. The molecule has 0 bridgehead atoms. The molecule has 0 aliphatic carbocycles. The van der Waals surface area contributed by atoms with E-state index in [-0.39, 0.29) is 0 Å². The highest BCUT2D eigenvalue weighted by molar-refractivity contribution is 5.69. The third-order valence-corrected chi connectivity index (χ3v) is 3.44. The number of benzene rings is 3. The van der Waals surface area contributed by atoms with Crippen LogP contribution in [0.15, 0.2) is 78.9 Å². The first kappa shape index (κ1) is 14.2. The zero-order valence-electron chi connectivity index (χ0n) is 12.3.